The van der Waals surface area contributed by atoms with Crippen LogP contribution in [-0.2, 0) is 6.42 Å². The van der Waals surface area contributed by atoms with Gasteiger partial charge in [-0.25, -0.2) is 0 Å². The zero-order valence-electron chi connectivity index (χ0n) is 12.6. The minimum Gasteiger partial charge on any atom is -0.337 e. The number of nitrogens with zero attached hydrogens (tertiary/aromatic N) is 2. The molecule has 5 nitrogen and oxygen atoms in total. The molecule has 1 aromatic heterocycles. The number of hydrogen-bond donors (Lipinski definition) is 2. The van der Waals surface area contributed by atoms with Crippen molar-refractivity contribution in [2.75, 3.05) is 19.6 Å². The van der Waals surface area contributed by atoms with Crippen LogP contribution in [0.15, 0.2) is 6.07 Å². The third kappa shape index (κ3) is 4.20. The quantitative estimate of drug-likeness (QED) is 0.874. The summed E-state index contributed by atoms with van der Waals surface area (Å²) in [5, 5.41) is 10.7. The van der Waals surface area contributed by atoms with E-state index >= 15 is 0 Å². The maximum atomic E-state index is 12.3. The van der Waals surface area contributed by atoms with Gasteiger partial charge in [-0.2, -0.15) is 5.10 Å². The van der Waals surface area contributed by atoms with Gasteiger partial charge in [0.25, 0.3) is 5.91 Å². The monoisotopic (exact) mass is 312 g/mol. The summed E-state index contributed by atoms with van der Waals surface area (Å²) in [4.78, 5) is 14.3. The predicted octanol–water partition coefficient (Wildman–Crippen LogP) is 2.00. The van der Waals surface area contributed by atoms with Crippen molar-refractivity contribution >= 4 is 18.3 Å². The highest BCUT2D eigenvalue weighted by atomic mass is 35.5. The van der Waals surface area contributed by atoms with Gasteiger partial charge in [0.2, 0.25) is 0 Å². The molecule has 6 heteroatoms. The molecule has 118 valence electrons. The van der Waals surface area contributed by atoms with Crippen LogP contribution in [0.1, 0.15) is 48.8 Å². The van der Waals surface area contributed by atoms with Crippen molar-refractivity contribution in [3.8, 4) is 0 Å². The lowest BCUT2D eigenvalue weighted by molar-refractivity contribution is 0.0699. The van der Waals surface area contributed by atoms with E-state index in [1.54, 1.807) is 0 Å². The number of carbonyl (C=O) groups excluding carboxylic acids is 1. The van der Waals surface area contributed by atoms with Crippen molar-refractivity contribution < 1.29 is 4.79 Å². The Morgan fingerprint density at radius 1 is 1.38 bits per heavy atom. The minimum absolute atomic E-state index is 0. The van der Waals surface area contributed by atoms with E-state index < -0.39 is 0 Å². The number of hydrogen-bond acceptors (Lipinski definition) is 3. The molecule has 1 saturated carbocycles. The first-order valence-electron chi connectivity index (χ1n) is 7.83. The van der Waals surface area contributed by atoms with Crippen LogP contribution < -0.4 is 5.32 Å². The lowest BCUT2D eigenvalue weighted by atomic mass is 10.0. The number of rotatable bonds is 5. The second-order valence-corrected chi connectivity index (χ2v) is 6.05. The first kappa shape index (κ1) is 16.3. The van der Waals surface area contributed by atoms with E-state index in [1.165, 1.54) is 12.8 Å². The Morgan fingerprint density at radius 3 is 2.67 bits per heavy atom. The Kier molecular flexibility index (Phi) is 5.65. The fourth-order valence-electron chi connectivity index (χ4n) is 2.76. The standard InChI is InChI=1S/C15H24N4O.ClH/c1-2-12-9-14(18-17-12)15(20)19-7-5-13(6-8-19)16-10-11-3-4-11;/h9,11,13,16H,2-8,10H2,1H3,(H,17,18);1H. The Bertz CT molecular complexity index is 464. The summed E-state index contributed by atoms with van der Waals surface area (Å²) < 4.78 is 0. The summed E-state index contributed by atoms with van der Waals surface area (Å²) in [6.45, 7) is 4.90. The predicted molar refractivity (Wildman–Crippen MR) is 84.9 cm³/mol. The van der Waals surface area contributed by atoms with Crippen molar-refractivity contribution in [2.24, 2.45) is 5.92 Å². The maximum Gasteiger partial charge on any atom is 0.274 e. The van der Waals surface area contributed by atoms with Gasteiger partial charge >= 0.3 is 0 Å². The molecule has 0 spiro atoms. The normalized spacial score (nSPS) is 19.4. The third-order valence-corrected chi connectivity index (χ3v) is 4.41. The molecule has 1 amide bonds. The number of halogens is 1. The second kappa shape index (κ2) is 7.27. The van der Waals surface area contributed by atoms with Gasteiger partial charge in [0.1, 0.15) is 5.69 Å². The maximum absolute atomic E-state index is 12.3. The van der Waals surface area contributed by atoms with E-state index in [2.05, 4.69) is 22.4 Å². The molecule has 1 aliphatic heterocycles. The number of carbonyl (C=O) groups is 1. The zero-order chi connectivity index (χ0) is 13.9. The molecular weight excluding hydrogens is 288 g/mol. The van der Waals surface area contributed by atoms with E-state index in [1.807, 2.05) is 11.0 Å². The van der Waals surface area contributed by atoms with E-state index in [-0.39, 0.29) is 18.3 Å². The first-order chi connectivity index (χ1) is 9.76. The summed E-state index contributed by atoms with van der Waals surface area (Å²) in [7, 11) is 0. The number of aromatic nitrogens is 2. The molecule has 1 saturated heterocycles. The molecule has 2 aliphatic rings. The highest BCUT2D eigenvalue weighted by molar-refractivity contribution is 5.92. The van der Waals surface area contributed by atoms with Gasteiger partial charge in [-0.05, 0) is 50.6 Å². The number of aryl methyl sites for hydroxylation is 1. The second-order valence-electron chi connectivity index (χ2n) is 6.05. The minimum atomic E-state index is 0. The Hall–Kier alpha value is -1.07. The molecular formula is C15H25ClN4O. The van der Waals surface area contributed by atoms with E-state index in [0.29, 0.717) is 11.7 Å². The fourth-order valence-corrected chi connectivity index (χ4v) is 2.76. The topological polar surface area (TPSA) is 61.0 Å². The fraction of sp³-hybridized carbons (Fsp3) is 0.733. The van der Waals surface area contributed by atoms with Gasteiger partial charge in [-0.1, -0.05) is 6.92 Å². The number of piperidine rings is 1. The molecule has 2 fully saturated rings. The molecule has 2 heterocycles. The van der Waals surface area contributed by atoms with Crippen molar-refractivity contribution in [3.63, 3.8) is 0 Å². The van der Waals surface area contributed by atoms with Gasteiger partial charge in [-0.15, -0.1) is 12.4 Å². The highest BCUT2D eigenvalue weighted by Gasteiger charge is 2.27. The Morgan fingerprint density at radius 2 is 2.10 bits per heavy atom. The molecule has 0 bridgehead atoms. The summed E-state index contributed by atoms with van der Waals surface area (Å²) in [6.07, 6.45) is 5.78. The van der Waals surface area contributed by atoms with Gasteiger partial charge in [-0.3, -0.25) is 9.89 Å². The summed E-state index contributed by atoms with van der Waals surface area (Å²) in [6, 6.07) is 2.46. The average molecular weight is 313 g/mol. The first-order valence-corrected chi connectivity index (χ1v) is 7.83. The zero-order valence-corrected chi connectivity index (χ0v) is 13.4. The van der Waals surface area contributed by atoms with E-state index in [0.717, 1.165) is 50.5 Å². The van der Waals surface area contributed by atoms with E-state index in [4.69, 9.17) is 0 Å². The molecule has 0 unspecified atom stereocenters. The van der Waals surface area contributed by atoms with Crippen molar-refractivity contribution in [2.45, 2.75) is 45.1 Å². The number of H-pyrrole nitrogens is 1. The molecule has 1 aliphatic carbocycles. The number of amides is 1. The van der Waals surface area contributed by atoms with Gasteiger partial charge in [0.15, 0.2) is 0 Å². The molecule has 1 aromatic rings. The lowest BCUT2D eigenvalue weighted by Crippen LogP contribution is -2.45. The largest absolute Gasteiger partial charge is 0.337 e. The van der Waals surface area contributed by atoms with Crippen LogP contribution in [0.3, 0.4) is 0 Å². The molecule has 0 aromatic carbocycles. The summed E-state index contributed by atoms with van der Waals surface area (Å²) >= 11 is 0. The van der Waals surface area contributed by atoms with Crippen LogP contribution in [-0.4, -0.2) is 46.7 Å². The van der Waals surface area contributed by atoms with Crippen LogP contribution in [0.4, 0.5) is 0 Å². The number of likely N-dealkylation sites (tertiary alicyclic amines) is 1. The van der Waals surface area contributed by atoms with Crippen molar-refractivity contribution in [1.82, 2.24) is 20.4 Å². The molecule has 0 atom stereocenters. The average Bonchev–Trinajstić information content (AvgIpc) is 3.20. The van der Waals surface area contributed by atoms with Crippen LogP contribution >= 0.6 is 12.4 Å². The van der Waals surface area contributed by atoms with Gasteiger partial charge in [0.05, 0.1) is 0 Å². The molecule has 2 N–H and O–H groups in total. The molecule has 0 radical (unpaired) electrons. The Labute approximate surface area is 132 Å². The lowest BCUT2D eigenvalue weighted by Gasteiger charge is -2.32. The Balaban J connectivity index is 0.00000161. The summed E-state index contributed by atoms with van der Waals surface area (Å²) in [5.41, 5.74) is 1.58. The van der Waals surface area contributed by atoms with E-state index in [9.17, 15) is 4.79 Å². The van der Waals surface area contributed by atoms with Crippen LogP contribution in [0, 0.1) is 5.92 Å². The third-order valence-electron chi connectivity index (χ3n) is 4.41. The molecule has 3 rings (SSSR count). The van der Waals surface area contributed by atoms with Crippen LogP contribution in [0.25, 0.3) is 0 Å². The van der Waals surface area contributed by atoms with Crippen LogP contribution in [0.5, 0.6) is 0 Å². The van der Waals surface area contributed by atoms with Crippen LogP contribution in [0.2, 0.25) is 0 Å². The SMILES string of the molecule is CCc1cc(C(=O)N2CCC(NCC3CC3)CC2)n[nH]1.Cl. The van der Waals surface area contributed by atoms with Gasteiger partial charge < -0.3 is 10.2 Å². The van der Waals surface area contributed by atoms with Crippen molar-refractivity contribution in [1.29, 1.82) is 0 Å². The number of nitrogens with one attached hydrogen (secondary N) is 2. The van der Waals surface area contributed by atoms with Crippen molar-refractivity contribution in [3.05, 3.63) is 17.5 Å². The smallest absolute Gasteiger partial charge is 0.274 e. The number of aromatic amines is 1. The molecule has 21 heavy (non-hydrogen) atoms. The summed E-state index contributed by atoms with van der Waals surface area (Å²) in [5.74, 6) is 0.993. The highest BCUT2D eigenvalue weighted by Crippen LogP contribution is 2.28. The van der Waals surface area contributed by atoms with Gasteiger partial charge in [0, 0.05) is 24.8 Å².